The lowest BCUT2D eigenvalue weighted by Gasteiger charge is -2.33. The fourth-order valence-electron chi connectivity index (χ4n) is 3.80. The number of anilines is 1. The number of likely N-dealkylation sites (tertiary alicyclic amines) is 1. The molecule has 9 heteroatoms. The zero-order valence-corrected chi connectivity index (χ0v) is 19.4. The van der Waals surface area contributed by atoms with Crippen molar-refractivity contribution in [1.82, 2.24) is 20.2 Å². The highest BCUT2D eigenvalue weighted by molar-refractivity contribution is 7.91. The van der Waals surface area contributed by atoms with Crippen LogP contribution >= 0.6 is 0 Å². The number of piperidine rings is 1. The fourth-order valence-corrected chi connectivity index (χ4v) is 4.89. The maximum Gasteiger partial charge on any atom is 0.255 e. The summed E-state index contributed by atoms with van der Waals surface area (Å²) in [7, 11) is 2.27. The van der Waals surface area contributed by atoms with E-state index in [1.807, 2.05) is 32.1 Å². The van der Waals surface area contributed by atoms with E-state index < -0.39 is 9.84 Å². The van der Waals surface area contributed by atoms with Crippen LogP contribution in [-0.2, 0) is 16.4 Å². The van der Waals surface area contributed by atoms with Crippen molar-refractivity contribution < 1.29 is 13.2 Å². The molecule has 0 saturated carbocycles. The molecule has 1 saturated heterocycles. The first kappa shape index (κ1) is 23.1. The second-order valence-electron chi connectivity index (χ2n) is 7.99. The van der Waals surface area contributed by atoms with Crippen molar-refractivity contribution in [3.05, 3.63) is 47.4 Å². The predicted octanol–water partition coefficient (Wildman–Crippen LogP) is 2.08. The average Bonchev–Trinajstić information content (AvgIpc) is 2.78. The molecule has 1 amide bonds. The highest BCUT2D eigenvalue weighted by atomic mass is 32.2. The van der Waals surface area contributed by atoms with Gasteiger partial charge in [0, 0.05) is 45.7 Å². The first-order valence-corrected chi connectivity index (χ1v) is 12.2. The molecule has 31 heavy (non-hydrogen) atoms. The SMILES string of the molecule is CCS(=O)(=O)c1ccccc1C(=O)N1CCCC(c2nc(CNC)cc(N(C)C)n2)C1. The number of hydrogen-bond donors (Lipinski definition) is 1. The summed E-state index contributed by atoms with van der Waals surface area (Å²) in [5, 5.41) is 3.12. The first-order valence-electron chi connectivity index (χ1n) is 10.6. The fraction of sp³-hybridized carbons (Fsp3) is 0.500. The summed E-state index contributed by atoms with van der Waals surface area (Å²) in [6.45, 7) is 3.28. The second kappa shape index (κ2) is 9.74. The molecule has 168 valence electrons. The number of sulfone groups is 1. The van der Waals surface area contributed by atoms with Gasteiger partial charge in [-0.05, 0) is 32.0 Å². The van der Waals surface area contributed by atoms with Crippen LogP contribution in [0, 0.1) is 0 Å². The van der Waals surface area contributed by atoms with Gasteiger partial charge in [-0.25, -0.2) is 18.4 Å². The van der Waals surface area contributed by atoms with E-state index in [0.717, 1.165) is 30.2 Å². The predicted molar refractivity (Wildman–Crippen MR) is 121 cm³/mol. The quantitative estimate of drug-likeness (QED) is 0.697. The molecule has 3 rings (SSSR count). The average molecular weight is 446 g/mol. The van der Waals surface area contributed by atoms with Crippen molar-refractivity contribution in [2.24, 2.45) is 0 Å². The lowest BCUT2D eigenvalue weighted by Crippen LogP contribution is -2.40. The summed E-state index contributed by atoms with van der Waals surface area (Å²) in [6.07, 6.45) is 1.70. The molecule has 0 aliphatic carbocycles. The third-order valence-electron chi connectivity index (χ3n) is 5.51. The molecule has 1 aromatic heterocycles. The van der Waals surface area contributed by atoms with E-state index in [4.69, 9.17) is 9.97 Å². The smallest absolute Gasteiger partial charge is 0.255 e. The van der Waals surface area contributed by atoms with E-state index in [0.29, 0.717) is 19.6 Å². The Morgan fingerprint density at radius 3 is 2.68 bits per heavy atom. The monoisotopic (exact) mass is 445 g/mol. The van der Waals surface area contributed by atoms with Crippen molar-refractivity contribution in [2.45, 2.75) is 37.1 Å². The van der Waals surface area contributed by atoms with Crippen LogP contribution in [0.2, 0.25) is 0 Å². The summed E-state index contributed by atoms with van der Waals surface area (Å²) in [5.41, 5.74) is 1.14. The number of amides is 1. The van der Waals surface area contributed by atoms with Gasteiger partial charge in [0.25, 0.3) is 5.91 Å². The van der Waals surface area contributed by atoms with E-state index in [1.165, 1.54) is 6.07 Å². The Morgan fingerprint density at radius 1 is 1.26 bits per heavy atom. The van der Waals surface area contributed by atoms with Gasteiger partial charge in [-0.15, -0.1) is 0 Å². The number of carbonyl (C=O) groups is 1. The summed E-state index contributed by atoms with van der Waals surface area (Å²) in [6, 6.07) is 8.43. The zero-order chi connectivity index (χ0) is 22.6. The number of aromatic nitrogens is 2. The van der Waals surface area contributed by atoms with Crippen LogP contribution in [0.1, 0.15) is 47.6 Å². The van der Waals surface area contributed by atoms with Crippen LogP contribution in [0.25, 0.3) is 0 Å². The minimum absolute atomic E-state index is 0.00292. The number of carbonyl (C=O) groups excluding carboxylic acids is 1. The lowest BCUT2D eigenvalue weighted by atomic mass is 9.96. The molecule has 1 aliphatic rings. The number of nitrogens with zero attached hydrogens (tertiary/aromatic N) is 4. The van der Waals surface area contributed by atoms with Crippen molar-refractivity contribution in [2.75, 3.05) is 44.9 Å². The van der Waals surface area contributed by atoms with E-state index in [9.17, 15) is 13.2 Å². The minimum atomic E-state index is -3.49. The van der Waals surface area contributed by atoms with Gasteiger partial charge in [0.1, 0.15) is 11.6 Å². The number of hydrogen-bond acceptors (Lipinski definition) is 7. The molecular formula is C22H31N5O3S. The third kappa shape index (κ3) is 5.22. The van der Waals surface area contributed by atoms with Crippen LogP contribution in [0.15, 0.2) is 35.2 Å². The van der Waals surface area contributed by atoms with E-state index >= 15 is 0 Å². The van der Waals surface area contributed by atoms with Crippen molar-refractivity contribution in [3.8, 4) is 0 Å². The molecule has 2 heterocycles. The van der Waals surface area contributed by atoms with Crippen LogP contribution < -0.4 is 10.2 Å². The maximum absolute atomic E-state index is 13.3. The first-order chi connectivity index (χ1) is 14.8. The standard InChI is InChI=1S/C22H31N5O3S/c1-5-31(29,30)19-11-7-6-10-18(19)22(28)27-12-8-9-16(15-27)21-24-17(14-23-2)13-20(25-21)26(3)4/h6-7,10-11,13,16,23H,5,8-9,12,14-15H2,1-4H3. The van der Waals surface area contributed by atoms with Gasteiger partial charge in [0.05, 0.1) is 21.9 Å². The molecule has 1 aromatic carbocycles. The Labute approximate surface area is 184 Å². The topological polar surface area (TPSA) is 95.5 Å². The highest BCUT2D eigenvalue weighted by Gasteiger charge is 2.30. The summed E-state index contributed by atoms with van der Waals surface area (Å²) >= 11 is 0. The highest BCUT2D eigenvalue weighted by Crippen LogP contribution is 2.28. The summed E-state index contributed by atoms with van der Waals surface area (Å²) < 4.78 is 25.0. The molecule has 0 spiro atoms. The molecule has 1 unspecified atom stereocenters. The van der Waals surface area contributed by atoms with Gasteiger partial charge in [-0.3, -0.25) is 4.79 Å². The molecule has 1 aliphatic heterocycles. The normalized spacial score (nSPS) is 16.9. The Bertz CT molecular complexity index is 1040. The summed E-state index contributed by atoms with van der Waals surface area (Å²) in [4.78, 5) is 26.6. The Kier molecular flexibility index (Phi) is 7.27. The van der Waals surface area contributed by atoms with E-state index in [1.54, 1.807) is 30.0 Å². The van der Waals surface area contributed by atoms with Gasteiger partial charge >= 0.3 is 0 Å². The Hall–Kier alpha value is -2.52. The maximum atomic E-state index is 13.3. The van der Waals surface area contributed by atoms with E-state index in [2.05, 4.69) is 5.32 Å². The number of nitrogens with one attached hydrogen (secondary N) is 1. The van der Waals surface area contributed by atoms with Crippen LogP contribution in [0.5, 0.6) is 0 Å². The molecule has 2 aromatic rings. The lowest BCUT2D eigenvalue weighted by molar-refractivity contribution is 0.0700. The largest absolute Gasteiger partial charge is 0.363 e. The Balaban J connectivity index is 1.89. The second-order valence-corrected chi connectivity index (χ2v) is 10.2. The van der Waals surface area contributed by atoms with Gasteiger partial charge in [0.2, 0.25) is 0 Å². The zero-order valence-electron chi connectivity index (χ0n) is 18.6. The Morgan fingerprint density at radius 2 is 2.00 bits per heavy atom. The number of benzene rings is 1. The molecule has 0 bridgehead atoms. The van der Waals surface area contributed by atoms with Gasteiger partial charge in [-0.2, -0.15) is 0 Å². The van der Waals surface area contributed by atoms with E-state index in [-0.39, 0.29) is 28.0 Å². The molecule has 1 atom stereocenters. The van der Waals surface area contributed by atoms with Crippen LogP contribution in [0.3, 0.4) is 0 Å². The summed E-state index contributed by atoms with van der Waals surface area (Å²) in [5.74, 6) is 1.26. The molecule has 1 fully saturated rings. The van der Waals surface area contributed by atoms with Crippen molar-refractivity contribution in [1.29, 1.82) is 0 Å². The van der Waals surface area contributed by atoms with Crippen LogP contribution in [0.4, 0.5) is 5.82 Å². The van der Waals surface area contributed by atoms with Gasteiger partial charge < -0.3 is 15.1 Å². The van der Waals surface area contributed by atoms with Gasteiger partial charge in [0.15, 0.2) is 9.84 Å². The third-order valence-corrected chi connectivity index (χ3v) is 7.29. The molecular weight excluding hydrogens is 414 g/mol. The molecule has 1 N–H and O–H groups in total. The molecule has 8 nitrogen and oxygen atoms in total. The number of rotatable bonds is 7. The van der Waals surface area contributed by atoms with Gasteiger partial charge in [-0.1, -0.05) is 19.1 Å². The minimum Gasteiger partial charge on any atom is -0.363 e. The van der Waals surface area contributed by atoms with Crippen molar-refractivity contribution in [3.63, 3.8) is 0 Å². The van der Waals surface area contributed by atoms with Crippen molar-refractivity contribution >= 4 is 21.6 Å². The van der Waals surface area contributed by atoms with Crippen LogP contribution in [-0.4, -0.2) is 69.2 Å². The molecule has 0 radical (unpaired) electrons.